The van der Waals surface area contributed by atoms with E-state index in [1.807, 2.05) is 11.8 Å². The second kappa shape index (κ2) is 11.0. The minimum atomic E-state index is -0.707. The summed E-state index contributed by atoms with van der Waals surface area (Å²) >= 11 is 0. The lowest BCUT2D eigenvalue weighted by Gasteiger charge is -2.59. The van der Waals surface area contributed by atoms with Crippen LogP contribution >= 0.6 is 0 Å². The summed E-state index contributed by atoms with van der Waals surface area (Å²) in [6.45, 7) is 4.91. The molecule has 2 unspecified atom stereocenters. The number of fused-ring (bicyclic) bond motifs is 3. The summed E-state index contributed by atoms with van der Waals surface area (Å²) in [6, 6.07) is 6.45. The number of aromatic hydroxyl groups is 1. The van der Waals surface area contributed by atoms with Gasteiger partial charge < -0.3 is 19.8 Å². The Kier molecular flexibility index (Phi) is 7.28. The maximum atomic E-state index is 16.1. The molecule has 3 saturated heterocycles. The number of aryl methyl sites for hydroxylation is 1. The highest BCUT2D eigenvalue weighted by Crippen LogP contribution is 2.50. The van der Waals surface area contributed by atoms with Gasteiger partial charge in [0.25, 0.3) is 0 Å². The van der Waals surface area contributed by atoms with Gasteiger partial charge in [-0.15, -0.1) is 0 Å². The summed E-state index contributed by atoms with van der Waals surface area (Å²) in [7, 11) is 1.41. The molecule has 1 saturated carbocycles. The molecular weight excluding hydrogens is 571 g/mol. The number of methoxy groups -OCH3 is 1. The van der Waals surface area contributed by atoms with Crippen molar-refractivity contribution in [1.82, 2.24) is 19.9 Å². The number of hydrogen-bond donors (Lipinski definition) is 2. The maximum Gasteiger partial charge on any atom is 0.318 e. The number of rotatable bonds is 4. The van der Waals surface area contributed by atoms with E-state index in [-0.39, 0.29) is 40.1 Å². The maximum absolute atomic E-state index is 16.1. The van der Waals surface area contributed by atoms with Crippen molar-refractivity contribution in [3.8, 4) is 23.0 Å². The summed E-state index contributed by atoms with van der Waals surface area (Å²) in [5.74, 6) is -0.685. The number of aliphatic hydroxyl groups excluding tert-OH is 1. The van der Waals surface area contributed by atoms with Crippen LogP contribution < -0.4 is 9.64 Å². The highest BCUT2D eigenvalue weighted by Gasteiger charge is 2.55. The SMILES string of the molecule is CCc1c(F)ccc2cc(O)cc(-c3ncc4c(N5CC6(CCC6O)C5)nc(OC)nc4c3F)c12.F[C@@H]1CC2CCCN2C1. The number of aliphatic hydroxyl groups is 1. The fourth-order valence-electron chi connectivity index (χ4n) is 7.52. The molecule has 44 heavy (non-hydrogen) atoms. The number of aromatic nitrogens is 3. The van der Waals surface area contributed by atoms with Crippen molar-refractivity contribution in [3.63, 3.8) is 0 Å². The molecule has 8 rings (SSSR count). The van der Waals surface area contributed by atoms with Crippen molar-refractivity contribution in [1.29, 1.82) is 0 Å². The Hall–Kier alpha value is -3.70. The number of benzene rings is 2. The van der Waals surface area contributed by atoms with Gasteiger partial charge in [-0.25, -0.2) is 13.2 Å². The van der Waals surface area contributed by atoms with Crippen molar-refractivity contribution in [2.75, 3.05) is 38.2 Å². The molecule has 4 aliphatic rings. The van der Waals surface area contributed by atoms with Crippen molar-refractivity contribution >= 4 is 27.5 Å². The second-order valence-electron chi connectivity index (χ2n) is 12.6. The zero-order valence-corrected chi connectivity index (χ0v) is 24.9. The van der Waals surface area contributed by atoms with E-state index in [1.165, 1.54) is 44.3 Å². The van der Waals surface area contributed by atoms with Gasteiger partial charge in [-0.1, -0.05) is 13.0 Å². The molecule has 4 fully saturated rings. The van der Waals surface area contributed by atoms with Crippen LogP contribution in [0, 0.1) is 17.0 Å². The number of anilines is 1. The first-order valence-corrected chi connectivity index (χ1v) is 15.4. The standard InChI is InChI=1S/C26H24F2N4O3.C7H12FN/c1-3-15-18(27)5-4-13-8-14(33)9-16(20(13)15)22-21(28)23-17(10-29-22)24(31-25(30-23)35-2)32-11-26(12-32)7-6-19(26)34;8-6-4-7-2-1-3-9(7)5-6/h4-5,8-10,19,33-34H,3,6-7,11-12H2,1-2H3;6-7H,1-5H2/t;6-,7?/m.1/s1. The van der Waals surface area contributed by atoms with E-state index in [2.05, 4.69) is 19.9 Å². The predicted octanol–water partition coefficient (Wildman–Crippen LogP) is 5.55. The molecule has 232 valence electrons. The van der Waals surface area contributed by atoms with Gasteiger partial charge in [0.1, 0.15) is 34.8 Å². The number of halogens is 3. The number of pyridine rings is 1. The number of nitrogens with zero attached hydrogens (tertiary/aromatic N) is 5. The van der Waals surface area contributed by atoms with Crippen LogP contribution in [-0.4, -0.2) is 81.7 Å². The number of ether oxygens (including phenoxy) is 1. The van der Waals surface area contributed by atoms with Gasteiger partial charge in [0.15, 0.2) is 5.82 Å². The third kappa shape index (κ3) is 4.72. The third-order valence-corrected chi connectivity index (χ3v) is 9.98. The van der Waals surface area contributed by atoms with Crippen molar-refractivity contribution in [3.05, 3.63) is 47.7 Å². The second-order valence-corrected chi connectivity index (χ2v) is 12.6. The molecule has 2 aromatic carbocycles. The van der Waals surface area contributed by atoms with Gasteiger partial charge in [0.05, 0.1) is 18.6 Å². The molecular formula is C33H36F3N5O3. The van der Waals surface area contributed by atoms with Crippen LogP contribution in [-0.2, 0) is 6.42 Å². The van der Waals surface area contributed by atoms with Crippen molar-refractivity contribution < 1.29 is 28.1 Å². The quantitative estimate of drug-likeness (QED) is 0.312. The Morgan fingerprint density at radius 3 is 2.64 bits per heavy atom. The average Bonchev–Trinajstić information content (AvgIpc) is 3.57. The lowest BCUT2D eigenvalue weighted by Crippen LogP contribution is -2.67. The number of phenols is 1. The van der Waals surface area contributed by atoms with Crippen LogP contribution in [0.25, 0.3) is 32.9 Å². The van der Waals surface area contributed by atoms with E-state index in [0.29, 0.717) is 59.6 Å². The topological polar surface area (TPSA) is 94.8 Å². The van der Waals surface area contributed by atoms with Gasteiger partial charge in [-0.3, -0.25) is 9.88 Å². The van der Waals surface area contributed by atoms with Crippen molar-refractivity contribution in [2.24, 2.45) is 5.41 Å². The fourth-order valence-corrected chi connectivity index (χ4v) is 7.52. The lowest BCUT2D eigenvalue weighted by molar-refractivity contribution is -0.0824. The van der Waals surface area contributed by atoms with E-state index in [4.69, 9.17) is 4.74 Å². The Bertz CT molecular complexity index is 1740. The molecule has 0 radical (unpaired) electrons. The van der Waals surface area contributed by atoms with Crippen LogP contribution in [0.15, 0.2) is 30.5 Å². The van der Waals surface area contributed by atoms with E-state index >= 15 is 4.39 Å². The summed E-state index contributed by atoms with van der Waals surface area (Å²) < 4.78 is 48.6. The van der Waals surface area contributed by atoms with E-state index in [1.54, 1.807) is 6.07 Å². The van der Waals surface area contributed by atoms with Crippen LogP contribution in [0.2, 0.25) is 0 Å². The Labute approximate surface area is 253 Å². The average molecular weight is 608 g/mol. The van der Waals surface area contributed by atoms with Crippen LogP contribution in [0.4, 0.5) is 19.0 Å². The van der Waals surface area contributed by atoms with E-state index < -0.39 is 17.8 Å². The first kappa shape index (κ1) is 29.0. The number of alkyl halides is 1. The summed E-state index contributed by atoms with van der Waals surface area (Å²) in [5, 5.41) is 22.0. The predicted molar refractivity (Wildman–Crippen MR) is 162 cm³/mol. The molecule has 1 spiro atoms. The smallest absolute Gasteiger partial charge is 0.318 e. The highest BCUT2D eigenvalue weighted by atomic mass is 19.1. The Morgan fingerprint density at radius 2 is 1.95 bits per heavy atom. The molecule has 4 aromatic rings. The molecule has 5 heterocycles. The van der Waals surface area contributed by atoms with Gasteiger partial charge in [0.2, 0.25) is 0 Å². The summed E-state index contributed by atoms with van der Waals surface area (Å²) in [6.07, 6.45) is 6.11. The first-order valence-electron chi connectivity index (χ1n) is 15.4. The molecule has 0 amide bonds. The molecule has 11 heteroatoms. The molecule has 1 aliphatic carbocycles. The molecule has 3 atom stereocenters. The van der Waals surface area contributed by atoms with E-state index in [0.717, 1.165) is 25.8 Å². The van der Waals surface area contributed by atoms with Gasteiger partial charge in [0, 0.05) is 42.9 Å². The largest absolute Gasteiger partial charge is 0.508 e. The molecule has 2 N–H and O–H groups in total. The van der Waals surface area contributed by atoms with Gasteiger partial charge in [-0.05, 0) is 79.6 Å². The number of hydrogen-bond acceptors (Lipinski definition) is 8. The normalized spacial score (nSPS) is 23.8. The van der Waals surface area contributed by atoms with Crippen LogP contribution in [0.5, 0.6) is 11.8 Å². The first-order chi connectivity index (χ1) is 21.2. The third-order valence-electron chi connectivity index (χ3n) is 9.98. The Balaban J connectivity index is 0.000000296. The molecule has 8 nitrogen and oxygen atoms in total. The zero-order chi connectivity index (χ0) is 30.7. The van der Waals surface area contributed by atoms with Crippen LogP contribution in [0.3, 0.4) is 0 Å². The van der Waals surface area contributed by atoms with Gasteiger partial charge >= 0.3 is 6.01 Å². The zero-order valence-electron chi connectivity index (χ0n) is 24.9. The monoisotopic (exact) mass is 607 g/mol. The highest BCUT2D eigenvalue weighted by molar-refractivity contribution is 6.01. The number of phenolic OH excluding ortho intramolecular Hbond substituents is 1. The van der Waals surface area contributed by atoms with Gasteiger partial charge in [-0.2, -0.15) is 9.97 Å². The van der Waals surface area contributed by atoms with E-state index in [9.17, 15) is 19.0 Å². The Morgan fingerprint density at radius 1 is 1.14 bits per heavy atom. The lowest BCUT2D eigenvalue weighted by atomic mass is 9.61. The summed E-state index contributed by atoms with van der Waals surface area (Å²) in [4.78, 5) is 17.4. The van der Waals surface area contributed by atoms with Crippen molar-refractivity contribution in [2.45, 2.75) is 63.8 Å². The minimum absolute atomic E-state index is 0.0136. The van der Waals surface area contributed by atoms with Crippen LogP contribution in [0.1, 0.15) is 44.6 Å². The molecule has 0 bridgehead atoms. The minimum Gasteiger partial charge on any atom is -0.508 e. The fraction of sp³-hybridized carbons (Fsp3) is 0.485. The molecule has 2 aromatic heterocycles. The summed E-state index contributed by atoms with van der Waals surface area (Å²) in [5.41, 5.74) is 0.565. The molecule has 3 aliphatic heterocycles.